The number of carbonyl (C=O) groups is 3. The lowest BCUT2D eigenvalue weighted by Gasteiger charge is -2.32. The van der Waals surface area contributed by atoms with Crippen molar-refractivity contribution in [2.75, 3.05) is 32.5 Å². The molecule has 0 saturated carbocycles. The van der Waals surface area contributed by atoms with Crippen molar-refractivity contribution in [2.24, 2.45) is 0 Å². The molecular weight excluding hydrogens is 386 g/mol. The Bertz CT molecular complexity index is 729. The van der Waals surface area contributed by atoms with Crippen LogP contribution in [0.2, 0.25) is 0 Å². The van der Waals surface area contributed by atoms with Crippen molar-refractivity contribution in [1.82, 2.24) is 0 Å². The topological polar surface area (TPSA) is 102 Å². The average Bonchev–Trinajstić information content (AvgIpc) is 2.59. The monoisotopic (exact) mass is 399 g/mol. The van der Waals surface area contributed by atoms with Crippen LogP contribution in [0.3, 0.4) is 0 Å². The zero-order valence-electron chi connectivity index (χ0n) is 12.9. The number of benzene rings is 1. The van der Waals surface area contributed by atoms with Gasteiger partial charge in [-0.2, -0.15) is 0 Å². The van der Waals surface area contributed by atoms with Crippen molar-refractivity contribution < 1.29 is 33.7 Å². The van der Waals surface area contributed by atoms with Gasteiger partial charge in [0.15, 0.2) is 0 Å². The number of hydrogen-bond acceptors (Lipinski definition) is 7. The maximum absolute atomic E-state index is 12.2. The molecule has 0 unspecified atom stereocenters. The summed E-state index contributed by atoms with van der Waals surface area (Å²) in [7, 11) is 2.37. The van der Waals surface area contributed by atoms with E-state index in [2.05, 4.69) is 20.7 Å². The van der Waals surface area contributed by atoms with Crippen LogP contribution in [-0.4, -0.2) is 50.6 Å². The normalized spacial score (nSPS) is 14.4. The van der Waals surface area contributed by atoms with Crippen LogP contribution >= 0.6 is 15.9 Å². The number of carbonyl (C=O) groups excluding carboxylic acids is 2. The number of hydrogen-bond donors (Lipinski definition) is 1. The maximum atomic E-state index is 12.2. The third-order valence-electron chi connectivity index (χ3n) is 3.32. The number of methoxy groups -OCH3 is 2. The molecular formula is C15H14BrNO7. The van der Waals surface area contributed by atoms with Crippen LogP contribution in [0.15, 0.2) is 33.9 Å². The standard InChI is InChI=1S/C15H14BrNO7/c1-22-14(20)9-6-24-7-17(12(9)15(21)23-2)11-5-8(13(18)19)3-4-10(11)16/h3-5H,6-7H2,1-2H3,(H,18,19). The van der Waals surface area contributed by atoms with Crippen LogP contribution in [0.5, 0.6) is 0 Å². The minimum Gasteiger partial charge on any atom is -0.478 e. The Morgan fingerprint density at radius 1 is 1.21 bits per heavy atom. The molecule has 1 aromatic rings. The van der Waals surface area contributed by atoms with Crippen molar-refractivity contribution in [3.63, 3.8) is 0 Å². The first-order chi connectivity index (χ1) is 11.4. The molecule has 1 N–H and O–H groups in total. The molecule has 0 aliphatic carbocycles. The van der Waals surface area contributed by atoms with E-state index in [1.54, 1.807) is 0 Å². The van der Waals surface area contributed by atoms with E-state index in [0.29, 0.717) is 10.2 Å². The Balaban J connectivity index is 2.63. The van der Waals surface area contributed by atoms with E-state index >= 15 is 0 Å². The third kappa shape index (κ3) is 3.41. The molecule has 0 amide bonds. The second-order valence-electron chi connectivity index (χ2n) is 4.69. The third-order valence-corrected chi connectivity index (χ3v) is 3.99. The molecule has 0 saturated heterocycles. The molecule has 128 valence electrons. The molecule has 8 nitrogen and oxygen atoms in total. The summed E-state index contributed by atoms with van der Waals surface area (Å²) in [5.41, 5.74) is 0.293. The smallest absolute Gasteiger partial charge is 0.355 e. The van der Waals surface area contributed by atoms with Crippen LogP contribution in [0, 0.1) is 0 Å². The number of nitrogens with zero attached hydrogens (tertiary/aromatic N) is 1. The first-order valence-electron chi connectivity index (χ1n) is 6.68. The largest absolute Gasteiger partial charge is 0.478 e. The van der Waals surface area contributed by atoms with Crippen LogP contribution in [0.4, 0.5) is 5.69 Å². The minimum atomic E-state index is -1.13. The van der Waals surface area contributed by atoms with Gasteiger partial charge in [0.05, 0.1) is 37.7 Å². The number of aromatic carboxylic acids is 1. The summed E-state index contributed by atoms with van der Waals surface area (Å²) >= 11 is 3.31. The summed E-state index contributed by atoms with van der Waals surface area (Å²) in [4.78, 5) is 36.7. The second kappa shape index (κ2) is 7.45. The lowest BCUT2D eigenvalue weighted by Crippen LogP contribution is -2.39. The number of carboxylic acid groups (broad SMARTS) is 1. The highest BCUT2D eigenvalue weighted by Crippen LogP contribution is 2.33. The minimum absolute atomic E-state index is 0.0109. The highest BCUT2D eigenvalue weighted by Gasteiger charge is 2.33. The van der Waals surface area contributed by atoms with E-state index < -0.39 is 17.9 Å². The van der Waals surface area contributed by atoms with Crippen LogP contribution in [-0.2, 0) is 23.8 Å². The van der Waals surface area contributed by atoms with Gasteiger partial charge in [-0.15, -0.1) is 0 Å². The molecule has 0 radical (unpaired) electrons. The molecule has 0 spiro atoms. The Morgan fingerprint density at radius 2 is 1.88 bits per heavy atom. The summed E-state index contributed by atoms with van der Waals surface area (Å²) in [5, 5.41) is 9.16. The Labute approximate surface area is 145 Å². The van der Waals surface area contributed by atoms with Gasteiger partial charge >= 0.3 is 17.9 Å². The molecule has 1 aliphatic rings. The highest BCUT2D eigenvalue weighted by atomic mass is 79.9. The molecule has 1 aromatic carbocycles. The van der Waals surface area contributed by atoms with Gasteiger partial charge in [-0.3, -0.25) is 0 Å². The van der Waals surface area contributed by atoms with Gasteiger partial charge < -0.3 is 24.2 Å². The lowest BCUT2D eigenvalue weighted by atomic mass is 10.1. The predicted molar refractivity (Wildman–Crippen MR) is 85.5 cm³/mol. The fraction of sp³-hybridized carbons (Fsp3) is 0.267. The number of rotatable bonds is 4. The van der Waals surface area contributed by atoms with Gasteiger partial charge in [0.1, 0.15) is 12.4 Å². The van der Waals surface area contributed by atoms with E-state index in [1.165, 1.54) is 37.3 Å². The summed E-state index contributed by atoms with van der Waals surface area (Å²) < 4.78 is 15.3. The number of ether oxygens (including phenoxy) is 3. The zero-order chi connectivity index (χ0) is 17.9. The van der Waals surface area contributed by atoms with Crippen LogP contribution < -0.4 is 4.90 Å². The fourth-order valence-corrected chi connectivity index (χ4v) is 2.65. The predicted octanol–water partition coefficient (Wildman–Crippen LogP) is 1.54. The summed E-state index contributed by atoms with van der Waals surface area (Å²) in [6, 6.07) is 4.29. The average molecular weight is 400 g/mol. The number of carboxylic acids is 1. The van der Waals surface area contributed by atoms with Crippen molar-refractivity contribution in [3.05, 3.63) is 39.5 Å². The molecule has 0 fully saturated rings. The number of anilines is 1. The Kier molecular flexibility index (Phi) is 5.58. The summed E-state index contributed by atoms with van der Waals surface area (Å²) in [6.45, 7) is -0.184. The van der Waals surface area contributed by atoms with E-state index in [-0.39, 0.29) is 30.2 Å². The zero-order valence-corrected chi connectivity index (χ0v) is 14.5. The van der Waals surface area contributed by atoms with Crippen molar-refractivity contribution in [1.29, 1.82) is 0 Å². The quantitative estimate of drug-likeness (QED) is 0.760. The maximum Gasteiger partial charge on any atom is 0.355 e. The molecule has 1 aliphatic heterocycles. The van der Waals surface area contributed by atoms with E-state index in [9.17, 15) is 14.4 Å². The van der Waals surface area contributed by atoms with Crippen LogP contribution in [0.1, 0.15) is 10.4 Å². The Hall–Kier alpha value is -2.39. The molecule has 0 atom stereocenters. The highest BCUT2D eigenvalue weighted by molar-refractivity contribution is 9.10. The van der Waals surface area contributed by atoms with E-state index in [0.717, 1.165) is 0 Å². The lowest BCUT2D eigenvalue weighted by molar-refractivity contribution is -0.140. The SMILES string of the molecule is COC(=O)C1=C(C(=O)OC)N(c2cc(C(=O)O)ccc2Br)COC1. The van der Waals surface area contributed by atoms with E-state index in [4.69, 9.17) is 14.6 Å². The van der Waals surface area contributed by atoms with Crippen molar-refractivity contribution in [2.45, 2.75) is 0 Å². The summed E-state index contributed by atoms with van der Waals surface area (Å²) in [6.07, 6.45) is 0. The van der Waals surface area contributed by atoms with Gasteiger partial charge in [-0.1, -0.05) is 0 Å². The molecule has 24 heavy (non-hydrogen) atoms. The van der Waals surface area contributed by atoms with Gasteiger partial charge in [0.2, 0.25) is 0 Å². The Morgan fingerprint density at radius 3 is 2.46 bits per heavy atom. The fourth-order valence-electron chi connectivity index (χ4n) is 2.19. The molecule has 2 rings (SSSR count). The first-order valence-corrected chi connectivity index (χ1v) is 7.48. The van der Waals surface area contributed by atoms with Crippen molar-refractivity contribution >= 4 is 39.5 Å². The molecule has 0 aromatic heterocycles. The van der Waals surface area contributed by atoms with E-state index in [1.807, 2.05) is 0 Å². The molecule has 0 bridgehead atoms. The van der Waals surface area contributed by atoms with Gasteiger partial charge in [0, 0.05) is 4.47 Å². The van der Waals surface area contributed by atoms with Gasteiger partial charge in [0.25, 0.3) is 0 Å². The van der Waals surface area contributed by atoms with Gasteiger partial charge in [-0.05, 0) is 34.1 Å². The summed E-state index contributed by atoms with van der Waals surface area (Å²) in [5.74, 6) is -2.62. The molecule has 1 heterocycles. The first kappa shape index (κ1) is 18.0. The number of esters is 2. The van der Waals surface area contributed by atoms with Crippen LogP contribution in [0.25, 0.3) is 0 Å². The number of halogens is 1. The second-order valence-corrected chi connectivity index (χ2v) is 5.54. The van der Waals surface area contributed by atoms with Crippen molar-refractivity contribution in [3.8, 4) is 0 Å². The van der Waals surface area contributed by atoms with Gasteiger partial charge in [-0.25, -0.2) is 14.4 Å². The molecule has 9 heteroatoms.